The lowest BCUT2D eigenvalue weighted by molar-refractivity contribution is -0.118. The van der Waals surface area contributed by atoms with E-state index in [9.17, 15) is 14.4 Å². The maximum atomic E-state index is 13.4. The Morgan fingerprint density at radius 2 is 1.53 bits per heavy atom. The summed E-state index contributed by atoms with van der Waals surface area (Å²) in [4.78, 5) is 51.6. The first-order valence-electron chi connectivity index (χ1n) is 10.5. The molecule has 0 saturated heterocycles. The SMILES string of the molecule is CC(=O)n1cnc2c(OC(=O)N(c3ccccc3)c3ccccc3)nc(NC(=O)C(C)C)nc21. The fraction of sp³-hybridized carbons (Fsp3) is 0.167. The molecule has 34 heavy (non-hydrogen) atoms. The van der Waals surface area contributed by atoms with Gasteiger partial charge in [0.1, 0.15) is 6.33 Å². The fourth-order valence-corrected chi connectivity index (χ4v) is 3.13. The quantitative estimate of drug-likeness (QED) is 0.470. The van der Waals surface area contributed by atoms with Crippen LogP contribution >= 0.6 is 0 Å². The van der Waals surface area contributed by atoms with E-state index in [1.54, 1.807) is 62.4 Å². The lowest BCUT2D eigenvalue weighted by Gasteiger charge is -2.22. The van der Waals surface area contributed by atoms with E-state index in [-0.39, 0.29) is 40.7 Å². The van der Waals surface area contributed by atoms with Crippen molar-refractivity contribution in [2.45, 2.75) is 20.8 Å². The number of hydrogen-bond donors (Lipinski definition) is 1. The summed E-state index contributed by atoms with van der Waals surface area (Å²) in [6, 6.07) is 17.9. The first kappa shape index (κ1) is 22.6. The molecule has 0 atom stereocenters. The fourth-order valence-electron chi connectivity index (χ4n) is 3.13. The van der Waals surface area contributed by atoms with E-state index < -0.39 is 6.09 Å². The number of rotatable bonds is 5. The smallest absolute Gasteiger partial charge is 0.388 e. The van der Waals surface area contributed by atoms with Gasteiger partial charge in [-0.2, -0.15) is 9.97 Å². The number of nitrogens with one attached hydrogen (secondary N) is 1. The Balaban J connectivity index is 1.78. The molecule has 0 radical (unpaired) electrons. The third kappa shape index (κ3) is 4.60. The molecule has 172 valence electrons. The van der Waals surface area contributed by atoms with E-state index in [2.05, 4.69) is 20.3 Å². The number of anilines is 3. The zero-order chi connectivity index (χ0) is 24.2. The molecule has 0 saturated carbocycles. The number of amides is 2. The van der Waals surface area contributed by atoms with Crippen molar-refractivity contribution in [2.75, 3.05) is 10.2 Å². The maximum absolute atomic E-state index is 13.4. The largest absolute Gasteiger partial charge is 0.425 e. The molecule has 0 unspecified atom stereocenters. The summed E-state index contributed by atoms with van der Waals surface area (Å²) >= 11 is 0. The van der Waals surface area contributed by atoms with Crippen LogP contribution in [0.15, 0.2) is 67.0 Å². The number of aromatic nitrogens is 4. The van der Waals surface area contributed by atoms with Crippen LogP contribution in [-0.4, -0.2) is 37.4 Å². The summed E-state index contributed by atoms with van der Waals surface area (Å²) in [7, 11) is 0. The van der Waals surface area contributed by atoms with E-state index >= 15 is 0 Å². The highest BCUT2D eigenvalue weighted by Gasteiger charge is 2.25. The van der Waals surface area contributed by atoms with Crippen LogP contribution in [0.5, 0.6) is 5.88 Å². The molecule has 2 heterocycles. The number of hydrogen-bond acceptors (Lipinski definition) is 7. The van der Waals surface area contributed by atoms with Crippen LogP contribution in [0.25, 0.3) is 11.2 Å². The highest BCUT2D eigenvalue weighted by molar-refractivity contribution is 5.99. The summed E-state index contributed by atoms with van der Waals surface area (Å²) in [6.45, 7) is 4.77. The molecule has 2 amide bonds. The van der Waals surface area contributed by atoms with Gasteiger partial charge in [0.2, 0.25) is 17.8 Å². The Kier molecular flexibility index (Phi) is 6.30. The van der Waals surface area contributed by atoms with Gasteiger partial charge in [-0.1, -0.05) is 50.2 Å². The van der Waals surface area contributed by atoms with Gasteiger partial charge in [-0.15, -0.1) is 0 Å². The Hall–Kier alpha value is -4.60. The Labute approximate surface area is 195 Å². The molecular weight excluding hydrogens is 436 g/mol. The van der Waals surface area contributed by atoms with Crippen molar-refractivity contribution in [2.24, 2.45) is 5.92 Å². The molecule has 0 aliphatic carbocycles. The molecule has 1 N–H and O–H groups in total. The van der Waals surface area contributed by atoms with Crippen molar-refractivity contribution in [1.82, 2.24) is 19.5 Å². The Bertz CT molecular complexity index is 1310. The van der Waals surface area contributed by atoms with Crippen molar-refractivity contribution in [1.29, 1.82) is 0 Å². The molecule has 10 heteroatoms. The average molecular weight is 458 g/mol. The molecule has 0 bridgehead atoms. The number of ether oxygens (including phenoxy) is 1. The number of carbonyl (C=O) groups excluding carboxylic acids is 3. The van der Waals surface area contributed by atoms with Crippen molar-refractivity contribution in [3.63, 3.8) is 0 Å². The van der Waals surface area contributed by atoms with Crippen LogP contribution in [0, 0.1) is 5.92 Å². The van der Waals surface area contributed by atoms with E-state index in [1.807, 2.05) is 12.1 Å². The van der Waals surface area contributed by atoms with Gasteiger partial charge in [0.05, 0.1) is 11.4 Å². The van der Waals surface area contributed by atoms with E-state index in [0.717, 1.165) is 0 Å². The third-order valence-corrected chi connectivity index (χ3v) is 4.86. The molecule has 2 aromatic heterocycles. The van der Waals surface area contributed by atoms with Crippen molar-refractivity contribution in [3.05, 3.63) is 67.0 Å². The number of benzene rings is 2. The van der Waals surface area contributed by atoms with Crippen molar-refractivity contribution >= 4 is 46.4 Å². The number of imidazole rings is 1. The summed E-state index contributed by atoms with van der Waals surface area (Å²) < 4.78 is 6.86. The predicted octanol–water partition coefficient (Wildman–Crippen LogP) is 4.42. The first-order valence-corrected chi connectivity index (χ1v) is 10.5. The molecule has 2 aromatic carbocycles. The Morgan fingerprint density at radius 1 is 0.941 bits per heavy atom. The van der Waals surface area contributed by atoms with Crippen LogP contribution in [0.2, 0.25) is 0 Å². The average Bonchev–Trinajstić information content (AvgIpc) is 3.25. The van der Waals surface area contributed by atoms with Gasteiger partial charge in [0.15, 0.2) is 11.2 Å². The molecule has 4 aromatic rings. The molecule has 10 nitrogen and oxygen atoms in total. The van der Waals surface area contributed by atoms with Crippen LogP contribution < -0.4 is 15.0 Å². The van der Waals surface area contributed by atoms with E-state index in [1.165, 1.54) is 22.7 Å². The minimum Gasteiger partial charge on any atom is -0.388 e. The van der Waals surface area contributed by atoms with Gasteiger partial charge in [0.25, 0.3) is 5.88 Å². The molecule has 0 spiro atoms. The summed E-state index contributed by atoms with van der Waals surface area (Å²) in [5.41, 5.74) is 1.36. The monoisotopic (exact) mass is 458 g/mol. The highest BCUT2D eigenvalue weighted by atomic mass is 16.6. The Morgan fingerprint density at radius 3 is 2.06 bits per heavy atom. The van der Waals surface area contributed by atoms with Gasteiger partial charge in [0, 0.05) is 12.8 Å². The second-order valence-corrected chi connectivity index (χ2v) is 7.68. The van der Waals surface area contributed by atoms with Crippen molar-refractivity contribution < 1.29 is 19.1 Å². The van der Waals surface area contributed by atoms with Gasteiger partial charge in [-0.05, 0) is 24.3 Å². The lowest BCUT2D eigenvalue weighted by atomic mass is 10.2. The molecule has 0 aliphatic heterocycles. The number of para-hydroxylation sites is 2. The predicted molar refractivity (Wildman–Crippen MR) is 126 cm³/mol. The third-order valence-electron chi connectivity index (χ3n) is 4.86. The minimum absolute atomic E-state index is 0.104. The van der Waals surface area contributed by atoms with Gasteiger partial charge in [-0.3, -0.25) is 19.5 Å². The second kappa shape index (κ2) is 9.49. The highest BCUT2D eigenvalue weighted by Crippen LogP contribution is 2.29. The van der Waals surface area contributed by atoms with E-state index in [4.69, 9.17) is 4.74 Å². The molecule has 4 rings (SSSR count). The van der Waals surface area contributed by atoms with Crippen LogP contribution in [0.1, 0.15) is 25.6 Å². The first-order chi connectivity index (χ1) is 16.3. The minimum atomic E-state index is -0.754. The number of nitrogens with zero attached hydrogens (tertiary/aromatic N) is 5. The lowest BCUT2D eigenvalue weighted by Crippen LogP contribution is -2.29. The number of carbonyl (C=O) groups is 3. The molecular formula is C24H22N6O4. The van der Waals surface area contributed by atoms with E-state index in [0.29, 0.717) is 11.4 Å². The normalized spacial score (nSPS) is 10.8. The summed E-state index contributed by atoms with van der Waals surface area (Å²) in [6.07, 6.45) is 0.509. The summed E-state index contributed by atoms with van der Waals surface area (Å²) in [5, 5.41) is 2.58. The zero-order valence-electron chi connectivity index (χ0n) is 18.8. The van der Waals surface area contributed by atoms with Crippen LogP contribution in [-0.2, 0) is 4.79 Å². The van der Waals surface area contributed by atoms with Gasteiger partial charge < -0.3 is 4.74 Å². The zero-order valence-corrected chi connectivity index (χ0v) is 18.8. The maximum Gasteiger partial charge on any atom is 0.425 e. The summed E-state index contributed by atoms with van der Waals surface area (Å²) in [5.74, 6) is -1.32. The van der Waals surface area contributed by atoms with Crippen LogP contribution in [0.4, 0.5) is 22.1 Å². The standard InChI is InChI=1S/C24H22N6O4/c1-15(2)21(32)27-23-26-20-19(25-14-29(20)16(3)31)22(28-23)34-24(33)30(17-10-6-4-7-11-17)18-12-8-5-9-13-18/h4-15H,1-3H3,(H,26,27,28,32). The van der Waals surface area contributed by atoms with Crippen molar-refractivity contribution in [3.8, 4) is 5.88 Å². The molecule has 0 aliphatic rings. The van der Waals surface area contributed by atoms with Gasteiger partial charge >= 0.3 is 6.09 Å². The second-order valence-electron chi connectivity index (χ2n) is 7.68. The van der Waals surface area contributed by atoms with Gasteiger partial charge in [-0.25, -0.2) is 14.7 Å². The number of fused-ring (bicyclic) bond motifs is 1. The topological polar surface area (TPSA) is 119 Å². The molecule has 0 fully saturated rings. The van der Waals surface area contributed by atoms with Crippen LogP contribution in [0.3, 0.4) is 0 Å².